The number of carbonyl (C=O) groups excluding carboxylic acids is 2. The zero-order valence-corrected chi connectivity index (χ0v) is 13.9. The van der Waals surface area contributed by atoms with Crippen LogP contribution in [-0.2, 0) is 14.3 Å². The summed E-state index contributed by atoms with van der Waals surface area (Å²) >= 11 is 0. The standard InChI is InChI=1S/C14H25N3O6/c1-14(2,3)23-13(21)16-10-7-17(11(18)8-22-4)6-5-9(10)15-12(19)20/h9-10,15H,5-8H2,1-4H3,(H,16,21)(H,19,20)/t9-,10-/m1/s1. The highest BCUT2D eigenvalue weighted by Crippen LogP contribution is 2.14. The quantitative estimate of drug-likeness (QED) is 0.686. The maximum Gasteiger partial charge on any atom is 0.408 e. The fraction of sp³-hybridized carbons (Fsp3) is 0.786. The van der Waals surface area contributed by atoms with E-state index in [9.17, 15) is 14.4 Å². The van der Waals surface area contributed by atoms with Gasteiger partial charge in [-0.25, -0.2) is 9.59 Å². The summed E-state index contributed by atoms with van der Waals surface area (Å²) in [6.07, 6.45) is -1.44. The van der Waals surface area contributed by atoms with Gasteiger partial charge in [0.15, 0.2) is 0 Å². The summed E-state index contributed by atoms with van der Waals surface area (Å²) in [4.78, 5) is 36.3. The summed E-state index contributed by atoms with van der Waals surface area (Å²) in [6.45, 7) is 5.71. The molecule has 0 aromatic carbocycles. The lowest BCUT2D eigenvalue weighted by Crippen LogP contribution is -2.62. The highest BCUT2D eigenvalue weighted by molar-refractivity contribution is 5.78. The Hall–Kier alpha value is -2.03. The second kappa shape index (κ2) is 8.00. The molecule has 0 radical (unpaired) electrons. The molecular weight excluding hydrogens is 306 g/mol. The van der Waals surface area contributed by atoms with E-state index in [-0.39, 0.29) is 19.1 Å². The van der Waals surface area contributed by atoms with Gasteiger partial charge in [-0.05, 0) is 27.2 Å². The molecule has 1 heterocycles. The molecule has 1 aliphatic rings. The molecular formula is C14H25N3O6. The number of carbonyl (C=O) groups is 3. The third kappa shape index (κ3) is 6.72. The third-order valence-electron chi connectivity index (χ3n) is 3.24. The fourth-order valence-electron chi connectivity index (χ4n) is 2.33. The number of carboxylic acid groups (broad SMARTS) is 1. The number of nitrogens with one attached hydrogen (secondary N) is 2. The summed E-state index contributed by atoms with van der Waals surface area (Å²) < 4.78 is 10.0. The van der Waals surface area contributed by atoms with E-state index in [1.54, 1.807) is 20.8 Å². The van der Waals surface area contributed by atoms with Crippen molar-refractivity contribution in [1.29, 1.82) is 0 Å². The Kier molecular flexibility index (Phi) is 6.62. The van der Waals surface area contributed by atoms with Gasteiger partial charge in [-0.1, -0.05) is 0 Å². The summed E-state index contributed by atoms with van der Waals surface area (Å²) in [7, 11) is 1.42. The molecule has 1 saturated heterocycles. The van der Waals surface area contributed by atoms with Crippen molar-refractivity contribution >= 4 is 18.1 Å². The van der Waals surface area contributed by atoms with E-state index in [1.807, 2.05) is 0 Å². The maximum absolute atomic E-state index is 11.9. The summed E-state index contributed by atoms with van der Waals surface area (Å²) in [5.74, 6) is -0.211. The molecule has 9 nitrogen and oxygen atoms in total. The lowest BCUT2D eigenvalue weighted by Gasteiger charge is -2.38. The van der Waals surface area contributed by atoms with Gasteiger partial charge in [-0.15, -0.1) is 0 Å². The number of hydrogen-bond acceptors (Lipinski definition) is 5. The van der Waals surface area contributed by atoms with Crippen molar-refractivity contribution in [2.75, 3.05) is 26.8 Å². The molecule has 3 N–H and O–H groups in total. The van der Waals surface area contributed by atoms with Crippen molar-refractivity contribution in [2.45, 2.75) is 44.9 Å². The van der Waals surface area contributed by atoms with Crippen LogP contribution < -0.4 is 10.6 Å². The maximum atomic E-state index is 11.9. The molecule has 0 saturated carbocycles. The Labute approximate surface area is 135 Å². The first-order valence-electron chi connectivity index (χ1n) is 7.38. The van der Waals surface area contributed by atoms with Crippen molar-refractivity contribution in [3.05, 3.63) is 0 Å². The minimum absolute atomic E-state index is 0.0593. The van der Waals surface area contributed by atoms with Gasteiger partial charge in [0, 0.05) is 20.2 Å². The third-order valence-corrected chi connectivity index (χ3v) is 3.24. The summed E-state index contributed by atoms with van der Waals surface area (Å²) in [5, 5.41) is 13.9. The van der Waals surface area contributed by atoms with Crippen molar-refractivity contribution in [2.24, 2.45) is 0 Å². The molecule has 0 aliphatic carbocycles. The number of ether oxygens (including phenoxy) is 2. The van der Waals surface area contributed by atoms with Crippen LogP contribution in [0.4, 0.5) is 9.59 Å². The monoisotopic (exact) mass is 331 g/mol. The molecule has 9 heteroatoms. The van der Waals surface area contributed by atoms with E-state index in [0.29, 0.717) is 13.0 Å². The number of hydrogen-bond donors (Lipinski definition) is 3. The summed E-state index contributed by atoms with van der Waals surface area (Å²) in [5.41, 5.74) is -0.667. The van der Waals surface area contributed by atoms with Crippen LogP contribution in [0.5, 0.6) is 0 Å². The number of nitrogens with zero attached hydrogens (tertiary/aromatic N) is 1. The van der Waals surface area contributed by atoms with Gasteiger partial charge in [0.2, 0.25) is 5.91 Å². The van der Waals surface area contributed by atoms with E-state index in [1.165, 1.54) is 12.0 Å². The SMILES string of the molecule is COCC(=O)N1CC[C@@H](NC(=O)O)[C@H](NC(=O)OC(C)(C)C)C1. The number of methoxy groups -OCH3 is 1. The van der Waals surface area contributed by atoms with Crippen molar-refractivity contribution < 1.29 is 29.0 Å². The molecule has 0 spiro atoms. The highest BCUT2D eigenvalue weighted by atomic mass is 16.6. The van der Waals surface area contributed by atoms with E-state index in [4.69, 9.17) is 14.6 Å². The van der Waals surface area contributed by atoms with Gasteiger partial charge in [0.05, 0.1) is 12.1 Å². The molecule has 0 bridgehead atoms. The molecule has 3 amide bonds. The molecule has 23 heavy (non-hydrogen) atoms. The van der Waals surface area contributed by atoms with E-state index in [0.717, 1.165) is 0 Å². The summed E-state index contributed by atoms with van der Waals surface area (Å²) in [6, 6.07) is -1.07. The van der Waals surface area contributed by atoms with E-state index in [2.05, 4.69) is 10.6 Å². The van der Waals surface area contributed by atoms with Gasteiger partial charge < -0.3 is 30.1 Å². The molecule has 1 aliphatic heterocycles. The zero-order valence-electron chi connectivity index (χ0n) is 13.9. The smallest absolute Gasteiger partial charge is 0.408 e. The van der Waals surface area contributed by atoms with E-state index >= 15 is 0 Å². The molecule has 0 unspecified atom stereocenters. The average Bonchev–Trinajstić information content (AvgIpc) is 2.38. The van der Waals surface area contributed by atoms with Crippen LogP contribution in [0.2, 0.25) is 0 Å². The van der Waals surface area contributed by atoms with Gasteiger partial charge in [-0.2, -0.15) is 0 Å². The molecule has 0 aromatic rings. The first-order chi connectivity index (χ1) is 10.6. The average molecular weight is 331 g/mol. The van der Waals surface area contributed by atoms with Crippen LogP contribution in [0.1, 0.15) is 27.2 Å². The first kappa shape index (κ1) is 19.0. The molecule has 1 rings (SSSR count). The van der Waals surface area contributed by atoms with Crippen LogP contribution >= 0.6 is 0 Å². The second-order valence-corrected chi connectivity index (χ2v) is 6.37. The Morgan fingerprint density at radius 3 is 2.39 bits per heavy atom. The number of amides is 3. The van der Waals surface area contributed by atoms with Gasteiger partial charge in [0.1, 0.15) is 12.2 Å². The Morgan fingerprint density at radius 1 is 1.22 bits per heavy atom. The first-order valence-corrected chi connectivity index (χ1v) is 7.38. The van der Waals surface area contributed by atoms with Crippen molar-refractivity contribution in [3.63, 3.8) is 0 Å². The van der Waals surface area contributed by atoms with Crippen LogP contribution in [0.15, 0.2) is 0 Å². The fourth-order valence-corrected chi connectivity index (χ4v) is 2.33. The Bertz CT molecular complexity index is 448. The van der Waals surface area contributed by atoms with Crippen LogP contribution in [-0.4, -0.2) is 72.6 Å². The Balaban J connectivity index is 2.74. The van der Waals surface area contributed by atoms with Gasteiger partial charge in [0.25, 0.3) is 0 Å². The lowest BCUT2D eigenvalue weighted by molar-refractivity contribution is -0.136. The Morgan fingerprint density at radius 2 is 1.87 bits per heavy atom. The topological polar surface area (TPSA) is 117 Å². The number of likely N-dealkylation sites (tertiary alicyclic amines) is 1. The second-order valence-electron chi connectivity index (χ2n) is 6.37. The van der Waals surface area contributed by atoms with Crippen LogP contribution in [0.3, 0.4) is 0 Å². The van der Waals surface area contributed by atoms with E-state index < -0.39 is 29.9 Å². The molecule has 132 valence electrons. The minimum atomic E-state index is -1.18. The van der Waals surface area contributed by atoms with Gasteiger partial charge >= 0.3 is 12.2 Å². The highest BCUT2D eigenvalue weighted by Gasteiger charge is 2.34. The number of rotatable bonds is 4. The van der Waals surface area contributed by atoms with Crippen LogP contribution in [0.25, 0.3) is 0 Å². The molecule has 2 atom stereocenters. The van der Waals surface area contributed by atoms with Crippen molar-refractivity contribution in [3.8, 4) is 0 Å². The van der Waals surface area contributed by atoms with Crippen molar-refractivity contribution in [1.82, 2.24) is 15.5 Å². The largest absolute Gasteiger partial charge is 0.465 e. The molecule has 1 fully saturated rings. The van der Waals surface area contributed by atoms with Gasteiger partial charge in [-0.3, -0.25) is 4.79 Å². The lowest BCUT2D eigenvalue weighted by atomic mass is 9.99. The number of alkyl carbamates (subject to hydrolysis) is 1. The minimum Gasteiger partial charge on any atom is -0.465 e. The predicted octanol–water partition coefficient (Wildman–Crippen LogP) is 0.395. The molecule has 0 aromatic heterocycles. The zero-order chi connectivity index (χ0) is 17.6. The normalized spacial score (nSPS) is 21.5. The van der Waals surface area contributed by atoms with Crippen LogP contribution in [0, 0.1) is 0 Å². The predicted molar refractivity (Wildman–Crippen MR) is 81.2 cm³/mol. The number of piperidine rings is 1.